The van der Waals surface area contributed by atoms with Gasteiger partial charge in [-0.25, -0.2) is 0 Å². The number of aromatic nitrogens is 1. The molecule has 2 aromatic rings. The quantitative estimate of drug-likeness (QED) is 0.583. The van der Waals surface area contributed by atoms with Crippen LogP contribution in [0.1, 0.15) is 27.6 Å². The SMILES string of the molecule is Br.CC(=O)c1cc[n+](CC(=O)c2ccc(Br)cc2)cc1. The first-order valence-electron chi connectivity index (χ1n) is 5.85. The van der Waals surface area contributed by atoms with E-state index < -0.39 is 0 Å². The zero-order valence-electron chi connectivity index (χ0n) is 10.9. The van der Waals surface area contributed by atoms with E-state index in [0.29, 0.717) is 11.1 Å². The van der Waals surface area contributed by atoms with E-state index >= 15 is 0 Å². The van der Waals surface area contributed by atoms with Crippen molar-refractivity contribution in [2.45, 2.75) is 13.5 Å². The third-order valence-electron chi connectivity index (χ3n) is 2.79. The smallest absolute Gasteiger partial charge is 0.227 e. The topological polar surface area (TPSA) is 38.0 Å². The van der Waals surface area contributed by atoms with Gasteiger partial charge < -0.3 is 0 Å². The first kappa shape index (κ1) is 16.7. The van der Waals surface area contributed by atoms with Crippen LogP contribution in [0, 0.1) is 0 Å². The molecule has 0 N–H and O–H groups in total. The highest BCUT2D eigenvalue weighted by Crippen LogP contribution is 2.10. The lowest BCUT2D eigenvalue weighted by Crippen LogP contribution is -2.37. The molecule has 0 unspecified atom stereocenters. The molecule has 3 nitrogen and oxygen atoms in total. The van der Waals surface area contributed by atoms with Gasteiger partial charge in [0.2, 0.25) is 12.3 Å². The van der Waals surface area contributed by atoms with Crippen LogP contribution in [0.3, 0.4) is 0 Å². The summed E-state index contributed by atoms with van der Waals surface area (Å²) in [4.78, 5) is 23.2. The van der Waals surface area contributed by atoms with Crippen LogP contribution in [0.25, 0.3) is 0 Å². The van der Waals surface area contributed by atoms with Crippen molar-refractivity contribution in [1.82, 2.24) is 0 Å². The van der Waals surface area contributed by atoms with Crippen molar-refractivity contribution in [3.05, 3.63) is 64.4 Å². The molecule has 0 aliphatic carbocycles. The van der Waals surface area contributed by atoms with Crippen molar-refractivity contribution in [1.29, 1.82) is 0 Å². The predicted molar refractivity (Wildman–Crippen MR) is 85.4 cm³/mol. The molecular formula is C15H14Br2NO2+. The highest BCUT2D eigenvalue weighted by molar-refractivity contribution is 9.10. The van der Waals surface area contributed by atoms with Crippen LogP contribution in [0.4, 0.5) is 0 Å². The molecule has 0 saturated carbocycles. The van der Waals surface area contributed by atoms with Crippen molar-refractivity contribution >= 4 is 44.5 Å². The molecule has 0 aliphatic heterocycles. The number of carbonyl (C=O) groups is 2. The fourth-order valence-corrected chi connectivity index (χ4v) is 1.95. The Morgan fingerprint density at radius 3 is 2.05 bits per heavy atom. The molecule has 0 aliphatic rings. The minimum atomic E-state index is 0. The van der Waals surface area contributed by atoms with Gasteiger partial charge in [0.15, 0.2) is 18.2 Å². The minimum absolute atomic E-state index is 0. The minimum Gasteiger partial charge on any atom is -0.295 e. The number of carbonyl (C=O) groups excluding carboxylic acids is 2. The molecule has 0 amide bonds. The lowest BCUT2D eigenvalue weighted by molar-refractivity contribution is -0.683. The molecule has 104 valence electrons. The number of Topliss-reactive ketones (excluding diaryl/α,β-unsaturated/α-hetero) is 2. The molecule has 0 spiro atoms. The largest absolute Gasteiger partial charge is 0.295 e. The Morgan fingerprint density at radius 2 is 1.55 bits per heavy atom. The summed E-state index contributed by atoms with van der Waals surface area (Å²) >= 11 is 3.33. The van der Waals surface area contributed by atoms with E-state index in [9.17, 15) is 9.59 Å². The van der Waals surface area contributed by atoms with Gasteiger partial charge in [0.05, 0.1) is 0 Å². The van der Waals surface area contributed by atoms with E-state index in [-0.39, 0.29) is 35.1 Å². The summed E-state index contributed by atoms with van der Waals surface area (Å²) in [7, 11) is 0. The van der Waals surface area contributed by atoms with Gasteiger partial charge in [0.25, 0.3) is 0 Å². The molecule has 1 aromatic carbocycles. The van der Waals surface area contributed by atoms with Gasteiger partial charge in [-0.2, -0.15) is 4.57 Å². The second-order valence-corrected chi connectivity index (χ2v) is 5.16. The first-order chi connectivity index (χ1) is 9.06. The number of hydrogen-bond donors (Lipinski definition) is 0. The zero-order chi connectivity index (χ0) is 13.8. The van der Waals surface area contributed by atoms with Gasteiger partial charge in [-0.15, -0.1) is 17.0 Å². The Labute approximate surface area is 136 Å². The number of ketones is 2. The third kappa shape index (κ3) is 4.35. The molecule has 1 heterocycles. The second kappa shape index (κ2) is 7.45. The molecule has 1 aromatic heterocycles. The molecule has 0 saturated heterocycles. The van der Waals surface area contributed by atoms with E-state index in [4.69, 9.17) is 0 Å². The van der Waals surface area contributed by atoms with Crippen LogP contribution in [-0.4, -0.2) is 11.6 Å². The van der Waals surface area contributed by atoms with Crippen LogP contribution in [0.5, 0.6) is 0 Å². The molecule has 0 radical (unpaired) electrons. The summed E-state index contributed by atoms with van der Waals surface area (Å²) in [5.74, 6) is 0.0551. The van der Waals surface area contributed by atoms with Gasteiger partial charge in [-0.05, 0) is 19.1 Å². The lowest BCUT2D eigenvalue weighted by atomic mass is 10.1. The first-order valence-corrected chi connectivity index (χ1v) is 6.64. The van der Waals surface area contributed by atoms with Crippen LogP contribution in [0.15, 0.2) is 53.3 Å². The van der Waals surface area contributed by atoms with Gasteiger partial charge in [0, 0.05) is 27.7 Å². The Hall–Kier alpha value is -1.33. The summed E-state index contributed by atoms with van der Waals surface area (Å²) in [5, 5.41) is 0. The predicted octanol–water partition coefficient (Wildman–Crippen LogP) is 3.40. The van der Waals surface area contributed by atoms with E-state index in [0.717, 1.165) is 4.47 Å². The number of hydrogen-bond acceptors (Lipinski definition) is 2. The third-order valence-corrected chi connectivity index (χ3v) is 3.32. The number of halogens is 2. The molecule has 0 atom stereocenters. The van der Waals surface area contributed by atoms with Crippen LogP contribution in [0.2, 0.25) is 0 Å². The fraction of sp³-hybridized carbons (Fsp3) is 0.133. The monoisotopic (exact) mass is 398 g/mol. The molecule has 5 heteroatoms. The number of nitrogens with zero attached hydrogens (tertiary/aromatic N) is 1. The number of pyridine rings is 1. The summed E-state index contributed by atoms with van der Waals surface area (Å²) in [6, 6.07) is 10.7. The number of benzene rings is 1. The summed E-state index contributed by atoms with van der Waals surface area (Å²) in [5.41, 5.74) is 1.32. The standard InChI is InChI=1S/C15H13BrNO2.BrH/c1-11(18)12-6-8-17(9-7-12)10-15(19)13-2-4-14(16)5-3-13;/h2-9H,10H2,1H3;1H/q+1;. The summed E-state index contributed by atoms with van der Waals surface area (Å²) in [6.07, 6.45) is 3.49. The van der Waals surface area contributed by atoms with E-state index in [1.807, 2.05) is 12.1 Å². The molecule has 0 bridgehead atoms. The van der Waals surface area contributed by atoms with Crippen molar-refractivity contribution in [2.75, 3.05) is 0 Å². The van der Waals surface area contributed by atoms with Crippen LogP contribution >= 0.6 is 32.9 Å². The van der Waals surface area contributed by atoms with Gasteiger partial charge in [-0.1, -0.05) is 28.1 Å². The maximum atomic E-state index is 12.0. The lowest BCUT2D eigenvalue weighted by Gasteiger charge is -1.99. The van der Waals surface area contributed by atoms with Gasteiger partial charge in [-0.3, -0.25) is 9.59 Å². The van der Waals surface area contributed by atoms with Gasteiger partial charge in [0.1, 0.15) is 0 Å². The molecule has 20 heavy (non-hydrogen) atoms. The molecule has 0 fully saturated rings. The number of rotatable bonds is 4. The Balaban J connectivity index is 0.00000200. The maximum absolute atomic E-state index is 12.0. The fourth-order valence-electron chi connectivity index (χ4n) is 1.69. The maximum Gasteiger partial charge on any atom is 0.227 e. The van der Waals surface area contributed by atoms with Crippen molar-refractivity contribution in [3.8, 4) is 0 Å². The Kier molecular flexibility index (Phi) is 6.23. The van der Waals surface area contributed by atoms with Crippen LogP contribution in [-0.2, 0) is 6.54 Å². The average molecular weight is 400 g/mol. The zero-order valence-corrected chi connectivity index (χ0v) is 14.2. The highest BCUT2D eigenvalue weighted by atomic mass is 79.9. The van der Waals surface area contributed by atoms with Crippen molar-refractivity contribution in [2.24, 2.45) is 0 Å². The van der Waals surface area contributed by atoms with Crippen LogP contribution < -0.4 is 4.57 Å². The van der Waals surface area contributed by atoms with Crippen molar-refractivity contribution in [3.63, 3.8) is 0 Å². The Bertz CT molecular complexity index is 607. The normalized spacial score (nSPS) is 9.70. The van der Waals surface area contributed by atoms with E-state index in [1.165, 1.54) is 6.92 Å². The molecule has 2 rings (SSSR count). The highest BCUT2D eigenvalue weighted by Gasteiger charge is 2.12. The summed E-state index contributed by atoms with van der Waals surface area (Å²) < 4.78 is 2.71. The average Bonchev–Trinajstić information content (AvgIpc) is 2.40. The van der Waals surface area contributed by atoms with E-state index in [1.54, 1.807) is 41.2 Å². The second-order valence-electron chi connectivity index (χ2n) is 4.25. The van der Waals surface area contributed by atoms with Gasteiger partial charge >= 0.3 is 0 Å². The van der Waals surface area contributed by atoms with Crippen molar-refractivity contribution < 1.29 is 14.2 Å². The Morgan fingerprint density at radius 1 is 1.00 bits per heavy atom. The molecular weight excluding hydrogens is 386 g/mol. The van der Waals surface area contributed by atoms with E-state index in [2.05, 4.69) is 15.9 Å². The summed E-state index contributed by atoms with van der Waals surface area (Å²) in [6.45, 7) is 1.78.